The first-order valence-corrected chi connectivity index (χ1v) is 9.39. The zero-order valence-electron chi connectivity index (χ0n) is 16.0. The van der Waals surface area contributed by atoms with Gasteiger partial charge in [0.05, 0.1) is 11.7 Å². The van der Waals surface area contributed by atoms with Crippen LogP contribution in [0.2, 0.25) is 5.02 Å². The molecule has 2 heterocycles. The number of anilines is 2. The zero-order chi connectivity index (χ0) is 20.3. The number of carbonyl (C=O) groups excluding carboxylic acids is 1. The molecule has 0 atom stereocenters. The van der Waals surface area contributed by atoms with Crippen molar-refractivity contribution in [3.8, 4) is 5.75 Å². The standard InChI is InChI=1S/C20H21ClN4O3/c1-4-15(26)11-28-18-9-13-8-14(6-7-17(13)25(5-2)20(18)27)24-19-16(21)10-22-12(3)23-19/h6-10H,4-5,11H2,1-3H3,(H,22,23,24). The van der Waals surface area contributed by atoms with E-state index in [0.29, 0.717) is 29.6 Å². The third-order valence-electron chi connectivity index (χ3n) is 4.29. The number of nitrogens with zero attached hydrogens (tertiary/aromatic N) is 3. The van der Waals surface area contributed by atoms with E-state index < -0.39 is 0 Å². The van der Waals surface area contributed by atoms with E-state index >= 15 is 0 Å². The van der Waals surface area contributed by atoms with Crippen molar-refractivity contribution in [3.63, 3.8) is 0 Å². The maximum Gasteiger partial charge on any atom is 0.293 e. The summed E-state index contributed by atoms with van der Waals surface area (Å²) in [5.41, 5.74) is 1.27. The summed E-state index contributed by atoms with van der Waals surface area (Å²) in [7, 11) is 0. The minimum atomic E-state index is -0.255. The van der Waals surface area contributed by atoms with Gasteiger partial charge < -0.3 is 14.6 Å². The summed E-state index contributed by atoms with van der Waals surface area (Å²) in [6.45, 7) is 5.79. The maximum absolute atomic E-state index is 12.6. The Morgan fingerprint density at radius 2 is 2.07 bits per heavy atom. The number of aromatic nitrogens is 3. The summed E-state index contributed by atoms with van der Waals surface area (Å²) < 4.78 is 7.11. The number of nitrogens with one attached hydrogen (secondary N) is 1. The van der Waals surface area contributed by atoms with Gasteiger partial charge in [-0.3, -0.25) is 9.59 Å². The van der Waals surface area contributed by atoms with Gasteiger partial charge in [-0.2, -0.15) is 0 Å². The summed E-state index contributed by atoms with van der Waals surface area (Å²) in [5, 5.41) is 4.38. The van der Waals surface area contributed by atoms with Crippen LogP contribution in [0.15, 0.2) is 35.3 Å². The third kappa shape index (κ3) is 4.14. The van der Waals surface area contributed by atoms with E-state index in [2.05, 4.69) is 15.3 Å². The first kappa shape index (κ1) is 19.8. The van der Waals surface area contributed by atoms with Gasteiger partial charge >= 0.3 is 0 Å². The van der Waals surface area contributed by atoms with Crippen molar-refractivity contribution in [2.75, 3.05) is 11.9 Å². The minimum absolute atomic E-state index is 0.0632. The highest BCUT2D eigenvalue weighted by atomic mass is 35.5. The van der Waals surface area contributed by atoms with Crippen molar-refractivity contribution in [2.45, 2.75) is 33.7 Å². The van der Waals surface area contributed by atoms with Gasteiger partial charge in [-0.25, -0.2) is 9.97 Å². The Kier molecular flexibility index (Phi) is 5.94. The molecule has 0 saturated heterocycles. The van der Waals surface area contributed by atoms with Gasteiger partial charge in [0.2, 0.25) is 0 Å². The second kappa shape index (κ2) is 8.39. The normalized spacial score (nSPS) is 10.9. The van der Waals surface area contributed by atoms with Crippen molar-refractivity contribution in [1.82, 2.24) is 14.5 Å². The fourth-order valence-corrected chi connectivity index (χ4v) is 2.93. The van der Waals surface area contributed by atoms with Gasteiger partial charge in [-0.1, -0.05) is 18.5 Å². The van der Waals surface area contributed by atoms with E-state index in [1.165, 1.54) is 0 Å². The van der Waals surface area contributed by atoms with Crippen LogP contribution in [0.3, 0.4) is 0 Å². The molecule has 3 rings (SSSR count). The van der Waals surface area contributed by atoms with Crippen LogP contribution in [-0.4, -0.2) is 26.9 Å². The molecule has 0 aliphatic rings. The Morgan fingerprint density at radius 1 is 1.29 bits per heavy atom. The number of pyridine rings is 1. The quantitative estimate of drug-likeness (QED) is 0.647. The number of hydrogen-bond donors (Lipinski definition) is 1. The van der Waals surface area contributed by atoms with Gasteiger partial charge in [-0.15, -0.1) is 0 Å². The Hall–Kier alpha value is -2.93. The molecule has 28 heavy (non-hydrogen) atoms. The first-order chi connectivity index (χ1) is 13.4. The number of ether oxygens (including phenoxy) is 1. The lowest BCUT2D eigenvalue weighted by Gasteiger charge is -2.14. The van der Waals surface area contributed by atoms with Crippen LogP contribution in [-0.2, 0) is 11.3 Å². The third-order valence-corrected chi connectivity index (χ3v) is 4.56. The van der Waals surface area contributed by atoms with Crippen molar-refractivity contribution < 1.29 is 9.53 Å². The largest absolute Gasteiger partial charge is 0.480 e. The van der Waals surface area contributed by atoms with Gasteiger partial charge in [0.25, 0.3) is 5.56 Å². The number of aryl methyl sites for hydroxylation is 2. The van der Waals surface area contributed by atoms with Crippen LogP contribution >= 0.6 is 11.6 Å². The van der Waals surface area contributed by atoms with Crippen LogP contribution in [0.1, 0.15) is 26.1 Å². The molecule has 0 amide bonds. The van der Waals surface area contributed by atoms with Crippen molar-refractivity contribution >= 4 is 39.8 Å². The minimum Gasteiger partial charge on any atom is -0.480 e. The summed E-state index contributed by atoms with van der Waals surface area (Å²) in [6, 6.07) is 7.24. The van der Waals surface area contributed by atoms with Crippen LogP contribution in [0.4, 0.5) is 11.5 Å². The van der Waals surface area contributed by atoms with Crippen molar-refractivity contribution in [2.24, 2.45) is 0 Å². The second-order valence-electron chi connectivity index (χ2n) is 6.25. The fourth-order valence-electron chi connectivity index (χ4n) is 2.80. The molecular formula is C20H21ClN4O3. The van der Waals surface area contributed by atoms with E-state index in [4.69, 9.17) is 16.3 Å². The Bertz CT molecular complexity index is 1090. The van der Waals surface area contributed by atoms with Gasteiger partial charge in [0.1, 0.15) is 17.5 Å². The molecule has 3 aromatic rings. The van der Waals surface area contributed by atoms with E-state index in [1.807, 2.05) is 25.1 Å². The Balaban J connectivity index is 2.02. The number of ketones is 1. The summed E-state index contributed by atoms with van der Waals surface area (Å²) in [4.78, 5) is 32.6. The fraction of sp³-hybridized carbons (Fsp3) is 0.300. The molecule has 0 spiro atoms. The van der Waals surface area contributed by atoms with E-state index in [0.717, 1.165) is 16.6 Å². The smallest absolute Gasteiger partial charge is 0.293 e. The monoisotopic (exact) mass is 400 g/mol. The van der Waals surface area contributed by atoms with Gasteiger partial charge in [-0.05, 0) is 38.1 Å². The summed E-state index contributed by atoms with van der Waals surface area (Å²) in [6.07, 6.45) is 1.90. The molecule has 8 heteroatoms. The number of halogens is 1. The molecule has 0 fully saturated rings. The average molecular weight is 401 g/mol. The van der Waals surface area contributed by atoms with Gasteiger partial charge in [0.15, 0.2) is 17.4 Å². The van der Waals surface area contributed by atoms with Crippen LogP contribution in [0, 0.1) is 6.92 Å². The lowest BCUT2D eigenvalue weighted by molar-refractivity contribution is -0.120. The summed E-state index contributed by atoms with van der Waals surface area (Å²) in [5.74, 6) is 1.20. The molecule has 0 aliphatic heterocycles. The predicted octanol–water partition coefficient (Wildman–Crippen LogP) is 3.87. The first-order valence-electron chi connectivity index (χ1n) is 9.01. The van der Waals surface area contributed by atoms with E-state index in [9.17, 15) is 9.59 Å². The van der Waals surface area contributed by atoms with Crippen LogP contribution < -0.4 is 15.6 Å². The van der Waals surface area contributed by atoms with E-state index in [1.54, 1.807) is 30.7 Å². The zero-order valence-corrected chi connectivity index (χ0v) is 16.7. The van der Waals surface area contributed by atoms with Crippen molar-refractivity contribution in [1.29, 1.82) is 0 Å². The molecule has 1 N–H and O–H groups in total. The van der Waals surface area contributed by atoms with Gasteiger partial charge in [0, 0.05) is 24.0 Å². The lowest BCUT2D eigenvalue weighted by Crippen LogP contribution is -2.23. The Morgan fingerprint density at radius 3 is 2.79 bits per heavy atom. The highest BCUT2D eigenvalue weighted by Gasteiger charge is 2.12. The number of Topliss-reactive ketones (excluding diaryl/α,β-unsaturated/α-hetero) is 1. The molecule has 0 radical (unpaired) electrons. The van der Waals surface area contributed by atoms with E-state index in [-0.39, 0.29) is 23.7 Å². The molecular weight excluding hydrogens is 380 g/mol. The molecule has 146 valence electrons. The number of fused-ring (bicyclic) bond motifs is 1. The predicted molar refractivity (Wildman–Crippen MR) is 110 cm³/mol. The topological polar surface area (TPSA) is 86.1 Å². The maximum atomic E-state index is 12.6. The molecule has 7 nitrogen and oxygen atoms in total. The molecule has 1 aromatic carbocycles. The molecule has 0 unspecified atom stereocenters. The highest BCUT2D eigenvalue weighted by Crippen LogP contribution is 2.26. The molecule has 0 saturated carbocycles. The number of carbonyl (C=O) groups is 1. The number of benzene rings is 1. The van der Waals surface area contributed by atoms with Crippen LogP contribution in [0.25, 0.3) is 10.9 Å². The Labute approximate surface area is 167 Å². The number of hydrogen-bond acceptors (Lipinski definition) is 6. The highest BCUT2D eigenvalue weighted by molar-refractivity contribution is 6.32. The lowest BCUT2D eigenvalue weighted by atomic mass is 10.1. The molecule has 2 aromatic heterocycles. The summed E-state index contributed by atoms with van der Waals surface area (Å²) >= 11 is 6.16. The average Bonchev–Trinajstić information content (AvgIpc) is 2.69. The molecule has 0 bridgehead atoms. The number of rotatable bonds is 7. The second-order valence-corrected chi connectivity index (χ2v) is 6.66. The molecule has 0 aliphatic carbocycles. The SMILES string of the molecule is CCC(=O)COc1cc2cc(Nc3nc(C)ncc3Cl)ccc2n(CC)c1=O. The van der Waals surface area contributed by atoms with Crippen molar-refractivity contribution in [3.05, 3.63) is 51.7 Å². The van der Waals surface area contributed by atoms with Crippen LogP contribution in [0.5, 0.6) is 5.75 Å².